The first-order valence-electron chi connectivity index (χ1n) is 5.33. The normalized spacial score (nSPS) is 11.5. The molecule has 0 aliphatic rings. The molecule has 0 heterocycles. The fourth-order valence-corrected chi connectivity index (χ4v) is 4.84. The summed E-state index contributed by atoms with van der Waals surface area (Å²) >= 11 is 24.1. The molecule has 0 unspecified atom stereocenters. The molecule has 21 heavy (non-hydrogen) atoms. The molecule has 0 amide bonds. The van der Waals surface area contributed by atoms with E-state index in [0.717, 1.165) is 4.47 Å². The van der Waals surface area contributed by atoms with E-state index in [4.69, 9.17) is 34.8 Å². The van der Waals surface area contributed by atoms with Crippen molar-refractivity contribution in [3.63, 3.8) is 0 Å². The zero-order chi connectivity index (χ0) is 15.8. The van der Waals surface area contributed by atoms with Crippen LogP contribution in [-0.4, -0.2) is 8.42 Å². The molecular formula is C12H6Br2Cl3NO2S. The first-order valence-corrected chi connectivity index (χ1v) is 9.53. The SMILES string of the molecule is O=S(=O)(Nc1ccc(Br)cc1Br)c1cc(Cl)c(Cl)cc1Cl. The van der Waals surface area contributed by atoms with Crippen LogP contribution in [0.15, 0.2) is 44.2 Å². The lowest BCUT2D eigenvalue weighted by Gasteiger charge is -2.12. The van der Waals surface area contributed by atoms with E-state index in [0.29, 0.717) is 10.2 Å². The van der Waals surface area contributed by atoms with Gasteiger partial charge in [0, 0.05) is 8.95 Å². The zero-order valence-corrected chi connectivity index (χ0v) is 16.3. The molecule has 2 aromatic carbocycles. The average Bonchev–Trinajstić information content (AvgIpc) is 2.37. The largest absolute Gasteiger partial charge is 0.278 e. The maximum absolute atomic E-state index is 12.4. The quantitative estimate of drug-likeness (QED) is 0.535. The maximum atomic E-state index is 12.4. The van der Waals surface area contributed by atoms with Gasteiger partial charge in [0.1, 0.15) is 4.90 Å². The number of benzene rings is 2. The molecular weight excluding hydrogens is 488 g/mol. The molecule has 0 saturated carbocycles. The van der Waals surface area contributed by atoms with Crippen molar-refractivity contribution < 1.29 is 8.42 Å². The van der Waals surface area contributed by atoms with Gasteiger partial charge in [-0.3, -0.25) is 4.72 Å². The first kappa shape index (κ1) is 17.4. The molecule has 1 N–H and O–H groups in total. The Morgan fingerprint density at radius 1 is 0.905 bits per heavy atom. The van der Waals surface area contributed by atoms with Crippen LogP contribution in [0.1, 0.15) is 0 Å². The maximum Gasteiger partial charge on any atom is 0.263 e. The highest BCUT2D eigenvalue weighted by Gasteiger charge is 2.21. The topological polar surface area (TPSA) is 46.2 Å². The molecule has 0 fully saturated rings. The Kier molecular flexibility index (Phi) is 5.50. The second-order valence-corrected chi connectivity index (χ2v) is 8.57. The monoisotopic (exact) mass is 491 g/mol. The van der Waals surface area contributed by atoms with Crippen molar-refractivity contribution >= 4 is 82.4 Å². The van der Waals surface area contributed by atoms with Gasteiger partial charge < -0.3 is 0 Å². The van der Waals surface area contributed by atoms with Crippen molar-refractivity contribution in [2.24, 2.45) is 0 Å². The highest BCUT2D eigenvalue weighted by atomic mass is 79.9. The molecule has 0 spiro atoms. The van der Waals surface area contributed by atoms with Gasteiger partial charge in [0.25, 0.3) is 10.0 Å². The van der Waals surface area contributed by atoms with Crippen LogP contribution in [0.25, 0.3) is 0 Å². The number of hydrogen-bond acceptors (Lipinski definition) is 2. The second-order valence-electron chi connectivity index (χ2n) is 3.93. The summed E-state index contributed by atoms with van der Waals surface area (Å²) in [7, 11) is -3.89. The lowest BCUT2D eigenvalue weighted by atomic mass is 10.3. The Bertz CT molecular complexity index is 812. The number of anilines is 1. The van der Waals surface area contributed by atoms with Crippen LogP contribution in [0, 0.1) is 0 Å². The van der Waals surface area contributed by atoms with Crippen LogP contribution in [-0.2, 0) is 10.0 Å². The average molecular weight is 494 g/mol. The highest BCUT2D eigenvalue weighted by Crippen LogP contribution is 2.34. The predicted molar refractivity (Wildman–Crippen MR) is 94.1 cm³/mol. The molecule has 9 heteroatoms. The van der Waals surface area contributed by atoms with Gasteiger partial charge in [-0.1, -0.05) is 50.7 Å². The third-order valence-corrected chi connectivity index (χ3v) is 6.14. The first-order chi connectivity index (χ1) is 9.70. The van der Waals surface area contributed by atoms with Crippen LogP contribution in [0.3, 0.4) is 0 Å². The molecule has 0 aliphatic carbocycles. The van der Waals surface area contributed by atoms with Crippen molar-refractivity contribution in [1.29, 1.82) is 0 Å². The van der Waals surface area contributed by atoms with Gasteiger partial charge in [-0.05, 0) is 46.3 Å². The number of nitrogens with one attached hydrogen (secondary N) is 1. The van der Waals surface area contributed by atoms with E-state index in [-0.39, 0.29) is 20.0 Å². The van der Waals surface area contributed by atoms with E-state index in [1.54, 1.807) is 18.2 Å². The van der Waals surface area contributed by atoms with E-state index >= 15 is 0 Å². The number of halogens is 5. The van der Waals surface area contributed by atoms with Gasteiger partial charge in [-0.15, -0.1) is 0 Å². The van der Waals surface area contributed by atoms with Crippen molar-refractivity contribution in [1.82, 2.24) is 0 Å². The number of sulfonamides is 1. The second kappa shape index (κ2) is 6.64. The summed E-state index contributed by atoms with van der Waals surface area (Å²) in [6.07, 6.45) is 0. The van der Waals surface area contributed by atoms with E-state index in [1.165, 1.54) is 12.1 Å². The fraction of sp³-hybridized carbons (Fsp3) is 0. The van der Waals surface area contributed by atoms with Gasteiger partial charge in [0.15, 0.2) is 0 Å². The summed E-state index contributed by atoms with van der Waals surface area (Å²) in [6.45, 7) is 0. The minimum absolute atomic E-state index is 0.00914. The minimum atomic E-state index is -3.89. The fourth-order valence-electron chi connectivity index (χ4n) is 1.48. The van der Waals surface area contributed by atoms with Crippen molar-refractivity contribution in [3.05, 3.63) is 54.3 Å². The van der Waals surface area contributed by atoms with Gasteiger partial charge in [-0.25, -0.2) is 8.42 Å². The van der Waals surface area contributed by atoms with Gasteiger partial charge in [-0.2, -0.15) is 0 Å². The zero-order valence-electron chi connectivity index (χ0n) is 10.0. The predicted octanol–water partition coefficient (Wildman–Crippen LogP) is 5.97. The van der Waals surface area contributed by atoms with Crippen molar-refractivity contribution in [2.45, 2.75) is 4.90 Å². The molecule has 0 saturated heterocycles. The van der Waals surface area contributed by atoms with E-state index in [9.17, 15) is 8.42 Å². The van der Waals surface area contributed by atoms with E-state index < -0.39 is 10.0 Å². The van der Waals surface area contributed by atoms with Crippen molar-refractivity contribution in [3.8, 4) is 0 Å². The van der Waals surface area contributed by atoms with Gasteiger partial charge in [0.2, 0.25) is 0 Å². The smallest absolute Gasteiger partial charge is 0.263 e. The Morgan fingerprint density at radius 3 is 2.14 bits per heavy atom. The Morgan fingerprint density at radius 2 is 1.52 bits per heavy atom. The third-order valence-electron chi connectivity index (χ3n) is 2.44. The Hall–Kier alpha value is 0.0200. The molecule has 2 aromatic rings. The summed E-state index contributed by atoms with van der Waals surface area (Å²) < 4.78 is 28.6. The summed E-state index contributed by atoms with van der Waals surface area (Å²) in [5.41, 5.74) is 0.375. The summed E-state index contributed by atoms with van der Waals surface area (Å²) in [5.74, 6) is 0. The van der Waals surface area contributed by atoms with Gasteiger partial charge in [0.05, 0.1) is 20.8 Å². The van der Waals surface area contributed by atoms with Gasteiger partial charge >= 0.3 is 0 Å². The van der Waals surface area contributed by atoms with Crippen LogP contribution >= 0.6 is 66.7 Å². The lowest BCUT2D eigenvalue weighted by molar-refractivity contribution is 0.601. The summed E-state index contributed by atoms with van der Waals surface area (Å²) in [6, 6.07) is 7.53. The summed E-state index contributed by atoms with van der Waals surface area (Å²) in [4.78, 5) is -0.145. The number of hydrogen-bond donors (Lipinski definition) is 1. The standard InChI is InChI=1S/C12H6Br2Cl3NO2S/c13-6-1-2-11(7(14)3-6)18-21(19,20)12-5-9(16)8(15)4-10(12)17/h1-5,18H. The molecule has 112 valence electrons. The van der Waals surface area contributed by atoms with E-state index in [2.05, 4.69) is 36.6 Å². The van der Waals surface area contributed by atoms with Crippen LogP contribution in [0.2, 0.25) is 15.1 Å². The Labute approximate surface area is 153 Å². The lowest BCUT2D eigenvalue weighted by Crippen LogP contribution is -2.14. The Balaban J connectivity index is 2.46. The third kappa shape index (κ3) is 4.06. The van der Waals surface area contributed by atoms with Crippen molar-refractivity contribution in [2.75, 3.05) is 4.72 Å². The van der Waals surface area contributed by atoms with Crippen LogP contribution < -0.4 is 4.72 Å². The molecule has 0 aliphatic heterocycles. The molecule has 0 bridgehead atoms. The van der Waals surface area contributed by atoms with Crippen LogP contribution in [0.4, 0.5) is 5.69 Å². The minimum Gasteiger partial charge on any atom is -0.278 e. The molecule has 2 rings (SSSR count). The summed E-state index contributed by atoms with van der Waals surface area (Å²) in [5, 5.41) is 0.284. The molecule has 0 radical (unpaired) electrons. The molecule has 0 atom stereocenters. The number of rotatable bonds is 3. The van der Waals surface area contributed by atoms with Crippen LogP contribution in [0.5, 0.6) is 0 Å². The van der Waals surface area contributed by atoms with E-state index in [1.807, 2.05) is 0 Å². The molecule has 3 nitrogen and oxygen atoms in total. The highest BCUT2D eigenvalue weighted by molar-refractivity contribution is 9.11. The molecule has 0 aromatic heterocycles.